The second kappa shape index (κ2) is 7.73. The van der Waals surface area contributed by atoms with Crippen molar-refractivity contribution in [2.24, 2.45) is 0 Å². The van der Waals surface area contributed by atoms with Gasteiger partial charge in [-0.25, -0.2) is 9.48 Å². The molecule has 0 saturated heterocycles. The Morgan fingerprint density at radius 2 is 2.03 bits per heavy atom. The number of thioether (sulfide) groups is 1. The van der Waals surface area contributed by atoms with Crippen molar-refractivity contribution >= 4 is 29.4 Å². The summed E-state index contributed by atoms with van der Waals surface area (Å²) in [5, 5.41) is 17.4. The van der Waals surface area contributed by atoms with E-state index >= 15 is 0 Å². The highest BCUT2D eigenvalue weighted by Crippen LogP contribution is 2.42. The number of fused-ring (bicyclic) bond motifs is 1. The zero-order valence-corrected chi connectivity index (χ0v) is 15.9. The number of nitro groups is 1. The molecule has 29 heavy (non-hydrogen) atoms. The number of nitro benzene ring substituents is 1. The number of carbonyl (C=O) groups is 1. The van der Waals surface area contributed by atoms with Crippen LogP contribution in [0.2, 0.25) is 0 Å². The molecule has 1 N–H and O–H groups in total. The van der Waals surface area contributed by atoms with Gasteiger partial charge in [-0.3, -0.25) is 10.1 Å². The Hall–Kier alpha value is -3.09. The monoisotopic (exact) mass is 429 g/mol. The minimum absolute atomic E-state index is 0.138. The molecule has 1 unspecified atom stereocenters. The van der Waals surface area contributed by atoms with Crippen LogP contribution in [0.25, 0.3) is 0 Å². The number of rotatable bonds is 5. The van der Waals surface area contributed by atoms with E-state index in [4.69, 9.17) is 4.74 Å². The first-order chi connectivity index (χ1) is 13.7. The van der Waals surface area contributed by atoms with Crippen LogP contribution in [0.1, 0.15) is 18.5 Å². The average Bonchev–Trinajstić information content (AvgIpc) is 3.09. The van der Waals surface area contributed by atoms with Gasteiger partial charge in [-0.1, -0.05) is 11.8 Å². The molecule has 9 nitrogen and oxygen atoms in total. The molecule has 1 atom stereocenters. The van der Waals surface area contributed by atoms with E-state index in [2.05, 4.69) is 15.4 Å². The first-order valence-corrected chi connectivity index (χ1v) is 9.40. The van der Waals surface area contributed by atoms with Gasteiger partial charge in [0.25, 0.3) is 5.69 Å². The second-order valence-electron chi connectivity index (χ2n) is 5.75. The molecule has 3 rings (SSSR count). The van der Waals surface area contributed by atoms with Gasteiger partial charge >= 0.3 is 12.1 Å². The molecular weight excluding hydrogens is 415 g/mol. The molecule has 1 aromatic carbocycles. The molecule has 1 aromatic heterocycles. The zero-order chi connectivity index (χ0) is 21.3. The van der Waals surface area contributed by atoms with Crippen molar-refractivity contribution < 1.29 is 27.6 Å². The van der Waals surface area contributed by atoms with Crippen LogP contribution in [0.3, 0.4) is 0 Å². The summed E-state index contributed by atoms with van der Waals surface area (Å²) in [6, 6.07) is 3.48. The fourth-order valence-electron chi connectivity index (χ4n) is 2.83. The van der Waals surface area contributed by atoms with Crippen LogP contribution in [-0.2, 0) is 9.53 Å². The van der Waals surface area contributed by atoms with Gasteiger partial charge in [-0.15, -0.1) is 5.10 Å². The van der Waals surface area contributed by atoms with Gasteiger partial charge in [-0.05, 0) is 30.9 Å². The summed E-state index contributed by atoms with van der Waals surface area (Å²) in [6.45, 7) is 1.33. The maximum absolute atomic E-state index is 13.8. The lowest BCUT2D eigenvalue weighted by molar-refractivity contribution is -0.384. The third-order valence-electron chi connectivity index (χ3n) is 4.02. The molecule has 0 radical (unpaired) electrons. The van der Waals surface area contributed by atoms with Crippen LogP contribution < -0.4 is 5.32 Å². The lowest BCUT2D eigenvalue weighted by Crippen LogP contribution is -2.35. The van der Waals surface area contributed by atoms with Gasteiger partial charge in [0.2, 0.25) is 11.1 Å². The normalized spacial score (nSPS) is 16.2. The average molecular weight is 429 g/mol. The van der Waals surface area contributed by atoms with Crippen molar-refractivity contribution in [3.05, 3.63) is 51.2 Å². The van der Waals surface area contributed by atoms with Gasteiger partial charge in [0.1, 0.15) is 11.7 Å². The van der Waals surface area contributed by atoms with E-state index in [0.29, 0.717) is 0 Å². The third-order valence-corrected chi connectivity index (χ3v) is 4.56. The summed E-state index contributed by atoms with van der Waals surface area (Å²) < 4.78 is 47.3. The molecule has 1 aliphatic rings. The Labute approximate surface area is 166 Å². The lowest BCUT2D eigenvalue weighted by atomic mass is 9.95. The van der Waals surface area contributed by atoms with Crippen LogP contribution in [0.4, 0.5) is 24.8 Å². The maximum atomic E-state index is 13.8. The SMILES string of the molecule is CCOC(=O)C1=C(C(F)(F)F)Nc2nc(SC)nn2C1c1ccc([N+](=O)[O-])cc1. The van der Waals surface area contributed by atoms with Crippen molar-refractivity contribution in [2.45, 2.75) is 24.3 Å². The number of hydrogen-bond donors (Lipinski definition) is 1. The van der Waals surface area contributed by atoms with Crippen molar-refractivity contribution in [2.75, 3.05) is 18.2 Å². The standard InChI is InChI=1S/C16H14F3N5O4S/c1-3-28-13(25)10-11(8-4-6-9(7-5-8)24(26)27)23-14(21-15(22-23)29-2)20-12(10)16(17,18)19/h4-7,11H,3H2,1-2H3,(H,20,21,22). The number of nitrogens with one attached hydrogen (secondary N) is 1. The topological polar surface area (TPSA) is 112 Å². The fraction of sp³-hybridized carbons (Fsp3) is 0.312. The largest absolute Gasteiger partial charge is 0.463 e. The Morgan fingerprint density at radius 3 is 2.55 bits per heavy atom. The van der Waals surface area contributed by atoms with Crippen LogP contribution >= 0.6 is 11.8 Å². The van der Waals surface area contributed by atoms with Gasteiger partial charge < -0.3 is 10.1 Å². The molecule has 0 saturated carbocycles. The van der Waals surface area contributed by atoms with Gasteiger partial charge in [-0.2, -0.15) is 18.2 Å². The van der Waals surface area contributed by atoms with Gasteiger partial charge in [0.15, 0.2) is 0 Å². The first-order valence-electron chi connectivity index (χ1n) is 8.17. The van der Waals surface area contributed by atoms with Crippen molar-refractivity contribution in [3.63, 3.8) is 0 Å². The highest BCUT2D eigenvalue weighted by Gasteiger charge is 2.46. The Balaban J connectivity index is 2.25. The number of non-ortho nitro benzene ring substituents is 1. The van der Waals surface area contributed by atoms with Gasteiger partial charge in [0, 0.05) is 12.1 Å². The molecule has 0 fully saturated rings. The minimum atomic E-state index is -4.90. The summed E-state index contributed by atoms with van der Waals surface area (Å²) in [5.74, 6) is -1.39. The number of anilines is 1. The molecule has 0 bridgehead atoms. The number of nitrogens with zero attached hydrogens (tertiary/aromatic N) is 4. The van der Waals surface area contributed by atoms with Crippen LogP contribution in [0.5, 0.6) is 0 Å². The summed E-state index contributed by atoms with van der Waals surface area (Å²) in [7, 11) is 0. The number of aromatic nitrogens is 3. The molecule has 2 heterocycles. The van der Waals surface area contributed by atoms with Gasteiger partial charge in [0.05, 0.1) is 17.1 Å². The van der Waals surface area contributed by atoms with E-state index in [1.54, 1.807) is 6.26 Å². The number of allylic oxidation sites excluding steroid dienone is 1. The number of halogens is 3. The van der Waals surface area contributed by atoms with Crippen LogP contribution in [0, 0.1) is 10.1 Å². The van der Waals surface area contributed by atoms with E-state index in [0.717, 1.165) is 28.6 Å². The summed E-state index contributed by atoms with van der Waals surface area (Å²) in [6.07, 6.45) is -3.26. The number of alkyl halides is 3. The first kappa shape index (κ1) is 20.6. The van der Waals surface area contributed by atoms with E-state index in [1.165, 1.54) is 19.1 Å². The molecule has 154 valence electrons. The molecular formula is C16H14F3N5O4S. The smallest absolute Gasteiger partial charge is 0.431 e. The predicted octanol–water partition coefficient (Wildman–Crippen LogP) is 3.30. The van der Waals surface area contributed by atoms with E-state index in [-0.39, 0.29) is 29.0 Å². The highest BCUT2D eigenvalue weighted by molar-refractivity contribution is 7.98. The van der Waals surface area contributed by atoms with Crippen LogP contribution in [-0.4, -0.2) is 44.7 Å². The number of ether oxygens (including phenoxy) is 1. The van der Waals surface area contributed by atoms with E-state index in [9.17, 15) is 28.1 Å². The quantitative estimate of drug-likeness (QED) is 0.333. The number of carbonyl (C=O) groups excluding carboxylic acids is 1. The Kier molecular flexibility index (Phi) is 5.50. The molecule has 2 aromatic rings. The minimum Gasteiger partial charge on any atom is -0.463 e. The lowest BCUT2D eigenvalue weighted by Gasteiger charge is -2.29. The van der Waals surface area contributed by atoms with Crippen molar-refractivity contribution in [1.29, 1.82) is 0 Å². The van der Waals surface area contributed by atoms with E-state index in [1.807, 2.05) is 0 Å². The molecule has 1 aliphatic heterocycles. The Morgan fingerprint density at radius 1 is 1.38 bits per heavy atom. The zero-order valence-electron chi connectivity index (χ0n) is 15.1. The Bertz CT molecular complexity index is 987. The van der Waals surface area contributed by atoms with Crippen molar-refractivity contribution in [3.8, 4) is 0 Å². The van der Waals surface area contributed by atoms with E-state index < -0.39 is 34.4 Å². The predicted molar refractivity (Wildman–Crippen MR) is 96.4 cm³/mol. The molecule has 13 heteroatoms. The number of benzene rings is 1. The number of hydrogen-bond acceptors (Lipinski definition) is 8. The van der Waals surface area contributed by atoms with Crippen molar-refractivity contribution in [1.82, 2.24) is 14.8 Å². The molecule has 0 spiro atoms. The fourth-order valence-corrected chi connectivity index (χ4v) is 3.17. The third kappa shape index (κ3) is 3.90. The maximum Gasteiger partial charge on any atom is 0.431 e. The summed E-state index contributed by atoms with van der Waals surface area (Å²) >= 11 is 1.11. The summed E-state index contributed by atoms with van der Waals surface area (Å²) in [5.41, 5.74) is -2.09. The molecule has 0 aliphatic carbocycles. The second-order valence-corrected chi connectivity index (χ2v) is 6.52. The highest BCUT2D eigenvalue weighted by atomic mass is 32.2. The number of esters is 1. The molecule has 0 amide bonds. The summed E-state index contributed by atoms with van der Waals surface area (Å²) in [4.78, 5) is 26.8. The van der Waals surface area contributed by atoms with Crippen LogP contribution in [0.15, 0.2) is 40.7 Å².